The highest BCUT2D eigenvalue weighted by Gasteiger charge is 2.34. The van der Waals surface area contributed by atoms with Crippen LogP contribution in [0.2, 0.25) is 0 Å². The minimum atomic E-state index is -0.730. The maximum Gasteiger partial charge on any atom is 0.338 e. The third kappa shape index (κ3) is 6.47. The van der Waals surface area contributed by atoms with Crippen molar-refractivity contribution in [3.8, 4) is 0 Å². The van der Waals surface area contributed by atoms with Crippen LogP contribution in [0, 0.1) is 12.7 Å². The van der Waals surface area contributed by atoms with Crippen LogP contribution in [0.4, 0.5) is 4.39 Å². The highest BCUT2D eigenvalue weighted by atomic mass is 19.1. The molecule has 2 aromatic rings. The van der Waals surface area contributed by atoms with E-state index in [1.807, 2.05) is 30.3 Å². The SMILES string of the molecule is C=CN=C(C=C)C1=NC(c2ccc(F)cc2C)C(C(=O)OCc2ccccc2)=C(CN2CCOCC2)N1. The molecule has 1 N–H and O–H groups in total. The van der Waals surface area contributed by atoms with Gasteiger partial charge in [-0.1, -0.05) is 49.6 Å². The van der Waals surface area contributed by atoms with Crippen molar-refractivity contribution in [3.63, 3.8) is 0 Å². The van der Waals surface area contributed by atoms with Crippen LogP contribution in [0.1, 0.15) is 22.7 Å². The lowest BCUT2D eigenvalue weighted by molar-refractivity contribution is -0.140. The lowest BCUT2D eigenvalue weighted by atomic mass is 9.92. The first kappa shape index (κ1) is 26.2. The summed E-state index contributed by atoms with van der Waals surface area (Å²) in [5.74, 6) is -0.395. The number of halogens is 1. The van der Waals surface area contributed by atoms with Crippen molar-refractivity contribution < 1.29 is 18.7 Å². The third-order valence-corrected chi connectivity index (χ3v) is 6.24. The van der Waals surface area contributed by atoms with Gasteiger partial charge in [-0.05, 0) is 41.8 Å². The van der Waals surface area contributed by atoms with Gasteiger partial charge in [0, 0.05) is 31.5 Å². The summed E-state index contributed by atoms with van der Waals surface area (Å²) in [5, 5.41) is 3.32. The van der Waals surface area contributed by atoms with Crippen molar-refractivity contribution in [2.24, 2.45) is 9.98 Å². The molecule has 0 aromatic heterocycles. The third-order valence-electron chi connectivity index (χ3n) is 6.24. The molecular formula is C29H31FN4O3. The topological polar surface area (TPSA) is 75.5 Å². The number of hydrogen-bond acceptors (Lipinski definition) is 7. The second-order valence-electron chi connectivity index (χ2n) is 8.75. The number of carbonyl (C=O) groups excluding carboxylic acids is 1. The molecule has 2 aliphatic heterocycles. The van der Waals surface area contributed by atoms with Crippen molar-refractivity contribution >= 4 is 17.5 Å². The van der Waals surface area contributed by atoms with Gasteiger partial charge in [-0.3, -0.25) is 14.9 Å². The molecule has 0 spiro atoms. The average Bonchev–Trinajstić information content (AvgIpc) is 2.91. The largest absolute Gasteiger partial charge is 0.457 e. The minimum absolute atomic E-state index is 0.121. The molecule has 0 aliphatic carbocycles. The molecular weight excluding hydrogens is 471 g/mol. The maximum atomic E-state index is 14.0. The molecule has 8 heteroatoms. The summed E-state index contributed by atoms with van der Waals surface area (Å²) < 4.78 is 25.3. The Balaban J connectivity index is 1.79. The zero-order chi connectivity index (χ0) is 26.2. The molecule has 0 bridgehead atoms. The number of benzene rings is 2. The van der Waals surface area contributed by atoms with E-state index in [1.165, 1.54) is 18.3 Å². The number of aliphatic imine (C=N–C) groups is 2. The summed E-state index contributed by atoms with van der Waals surface area (Å²) in [6, 6.07) is 13.2. The van der Waals surface area contributed by atoms with E-state index < -0.39 is 12.0 Å². The highest BCUT2D eigenvalue weighted by molar-refractivity contribution is 6.46. The number of morpholine rings is 1. The smallest absolute Gasteiger partial charge is 0.338 e. The molecule has 2 aliphatic rings. The van der Waals surface area contributed by atoms with Gasteiger partial charge in [0.2, 0.25) is 0 Å². The van der Waals surface area contributed by atoms with Crippen LogP contribution in [0.5, 0.6) is 0 Å². The zero-order valence-electron chi connectivity index (χ0n) is 21.0. The fraction of sp³-hybridized carbons (Fsp3) is 0.276. The predicted octanol–water partition coefficient (Wildman–Crippen LogP) is 4.28. The Morgan fingerprint density at radius 3 is 2.68 bits per heavy atom. The first-order valence-corrected chi connectivity index (χ1v) is 12.2. The Morgan fingerprint density at radius 1 is 1.24 bits per heavy atom. The van der Waals surface area contributed by atoms with Crippen molar-refractivity contribution in [2.75, 3.05) is 32.8 Å². The Labute approximate surface area is 216 Å². The summed E-state index contributed by atoms with van der Waals surface area (Å²) >= 11 is 0. The second-order valence-corrected chi connectivity index (χ2v) is 8.75. The molecule has 37 heavy (non-hydrogen) atoms. The summed E-state index contributed by atoms with van der Waals surface area (Å²) in [6.07, 6.45) is 2.99. The van der Waals surface area contributed by atoms with Gasteiger partial charge < -0.3 is 14.8 Å². The van der Waals surface area contributed by atoms with E-state index in [-0.39, 0.29) is 12.4 Å². The second kappa shape index (κ2) is 12.4. The number of rotatable bonds is 9. The molecule has 0 amide bonds. The molecule has 4 rings (SSSR count). The van der Waals surface area contributed by atoms with E-state index >= 15 is 0 Å². The molecule has 2 heterocycles. The van der Waals surface area contributed by atoms with Crippen molar-refractivity contribution in [1.82, 2.24) is 10.2 Å². The van der Waals surface area contributed by atoms with E-state index in [0.717, 1.165) is 18.7 Å². The fourth-order valence-corrected chi connectivity index (χ4v) is 4.35. The van der Waals surface area contributed by atoms with E-state index in [1.54, 1.807) is 19.1 Å². The average molecular weight is 503 g/mol. The fourth-order valence-electron chi connectivity index (χ4n) is 4.35. The van der Waals surface area contributed by atoms with Gasteiger partial charge in [0.25, 0.3) is 0 Å². The standard InChI is InChI=1S/C29H31FN4O3/c1-4-24(31-5-2)28-32-25(18-34-13-15-36-16-14-34)26(29(35)37-19-21-9-7-6-8-10-21)27(33-28)23-12-11-22(30)17-20(23)3/h4-12,17,27H,1-2,13-16,18-19H2,3H3,(H,32,33). The van der Waals surface area contributed by atoms with Gasteiger partial charge in [0.05, 0.1) is 18.8 Å². The molecule has 0 radical (unpaired) electrons. The Bertz CT molecular complexity index is 1250. The van der Waals surface area contributed by atoms with Gasteiger partial charge in [0.1, 0.15) is 24.2 Å². The van der Waals surface area contributed by atoms with Gasteiger partial charge in [0.15, 0.2) is 5.84 Å². The Hall–Kier alpha value is -3.88. The van der Waals surface area contributed by atoms with Crippen LogP contribution < -0.4 is 5.32 Å². The van der Waals surface area contributed by atoms with Crippen LogP contribution in [0.15, 0.2) is 95.2 Å². The number of ether oxygens (including phenoxy) is 2. The summed E-state index contributed by atoms with van der Waals surface area (Å²) in [4.78, 5) is 25.0. The van der Waals surface area contributed by atoms with E-state index in [9.17, 15) is 9.18 Å². The number of carbonyl (C=O) groups is 1. The van der Waals surface area contributed by atoms with Crippen LogP contribution >= 0.6 is 0 Å². The highest BCUT2D eigenvalue weighted by Crippen LogP contribution is 2.34. The van der Waals surface area contributed by atoms with Gasteiger partial charge in [-0.15, -0.1) is 0 Å². The van der Waals surface area contributed by atoms with Crippen LogP contribution in [0.3, 0.4) is 0 Å². The number of esters is 1. The number of aryl methyl sites for hydroxylation is 1. The number of nitrogens with one attached hydrogen (secondary N) is 1. The monoisotopic (exact) mass is 502 g/mol. The van der Waals surface area contributed by atoms with Crippen LogP contribution in [0.25, 0.3) is 0 Å². The number of hydrogen-bond donors (Lipinski definition) is 1. The van der Waals surface area contributed by atoms with Gasteiger partial charge >= 0.3 is 5.97 Å². The summed E-state index contributed by atoms with van der Waals surface area (Å²) in [6.45, 7) is 12.6. The van der Waals surface area contributed by atoms with E-state index in [4.69, 9.17) is 14.5 Å². The Morgan fingerprint density at radius 2 is 2.00 bits per heavy atom. The van der Waals surface area contributed by atoms with Crippen LogP contribution in [-0.4, -0.2) is 55.3 Å². The van der Waals surface area contributed by atoms with Crippen LogP contribution in [-0.2, 0) is 20.9 Å². The van der Waals surface area contributed by atoms with Gasteiger partial charge in [-0.2, -0.15) is 0 Å². The lowest BCUT2D eigenvalue weighted by Crippen LogP contribution is -2.44. The first-order chi connectivity index (χ1) is 18.0. The normalized spacial score (nSPS) is 18.6. The zero-order valence-corrected chi connectivity index (χ0v) is 21.0. The maximum absolute atomic E-state index is 14.0. The number of amidine groups is 1. The number of nitrogens with zero attached hydrogens (tertiary/aromatic N) is 3. The minimum Gasteiger partial charge on any atom is -0.457 e. The summed E-state index contributed by atoms with van der Waals surface area (Å²) in [7, 11) is 0. The quantitative estimate of drug-likeness (QED) is 0.409. The molecule has 1 unspecified atom stereocenters. The van der Waals surface area contributed by atoms with Gasteiger partial charge in [-0.25, -0.2) is 9.18 Å². The Kier molecular flexibility index (Phi) is 8.77. The lowest BCUT2D eigenvalue weighted by Gasteiger charge is -2.33. The molecule has 0 saturated carbocycles. The molecule has 1 saturated heterocycles. The molecule has 2 aromatic carbocycles. The predicted molar refractivity (Wildman–Crippen MR) is 143 cm³/mol. The van der Waals surface area contributed by atoms with Crippen molar-refractivity contribution in [2.45, 2.75) is 19.6 Å². The van der Waals surface area contributed by atoms with Crippen molar-refractivity contribution in [1.29, 1.82) is 0 Å². The van der Waals surface area contributed by atoms with E-state index in [0.29, 0.717) is 53.7 Å². The molecule has 1 atom stereocenters. The first-order valence-electron chi connectivity index (χ1n) is 12.2. The van der Waals surface area contributed by atoms with E-state index in [2.05, 4.69) is 28.4 Å². The molecule has 192 valence electrons. The molecule has 1 fully saturated rings. The van der Waals surface area contributed by atoms with Crippen molar-refractivity contribution in [3.05, 3.63) is 108 Å². The summed E-state index contributed by atoms with van der Waals surface area (Å²) in [5.41, 5.74) is 3.76. The molecule has 7 nitrogen and oxygen atoms in total.